The Morgan fingerprint density at radius 3 is 2.58 bits per heavy atom. The number of rotatable bonds is 3. The highest BCUT2D eigenvalue weighted by Gasteiger charge is 2.27. The first-order valence-electron chi connectivity index (χ1n) is 11.2. The topological polar surface area (TPSA) is 58.4 Å². The maximum Gasteiger partial charge on any atom is 0.264 e. The summed E-state index contributed by atoms with van der Waals surface area (Å²) < 4.78 is 1.84. The van der Waals surface area contributed by atoms with Gasteiger partial charge >= 0.3 is 0 Å². The van der Waals surface area contributed by atoms with Crippen LogP contribution in [-0.4, -0.2) is 51.4 Å². The van der Waals surface area contributed by atoms with Crippen LogP contribution in [0, 0.1) is 6.92 Å². The summed E-state index contributed by atoms with van der Waals surface area (Å²) in [7, 11) is 0. The van der Waals surface area contributed by atoms with Crippen LogP contribution >= 0.6 is 11.3 Å². The lowest BCUT2D eigenvalue weighted by atomic mass is 10.1. The molecule has 0 unspecified atom stereocenters. The first-order valence-corrected chi connectivity index (χ1v) is 12.0. The van der Waals surface area contributed by atoms with Gasteiger partial charge in [-0.15, -0.1) is 11.3 Å². The fourth-order valence-corrected chi connectivity index (χ4v) is 5.87. The SMILES string of the molecule is Cc1c(C(=O)N2CCN(Cc3ccccc3)CC2)sc2nc3n(c(=O)c12)CCCCC3. The molecule has 2 aliphatic heterocycles. The maximum atomic E-state index is 13.3. The van der Waals surface area contributed by atoms with E-state index in [4.69, 9.17) is 4.98 Å². The lowest BCUT2D eigenvalue weighted by molar-refractivity contribution is 0.0632. The number of carbonyl (C=O) groups is 1. The summed E-state index contributed by atoms with van der Waals surface area (Å²) in [6.07, 6.45) is 4.06. The monoisotopic (exact) mass is 436 g/mol. The van der Waals surface area contributed by atoms with Crippen molar-refractivity contribution in [2.45, 2.75) is 45.7 Å². The van der Waals surface area contributed by atoms with Crippen molar-refractivity contribution in [2.24, 2.45) is 0 Å². The van der Waals surface area contributed by atoms with E-state index in [0.717, 1.165) is 68.1 Å². The molecule has 162 valence electrons. The van der Waals surface area contributed by atoms with Crippen molar-refractivity contribution in [3.63, 3.8) is 0 Å². The number of nitrogens with zero attached hydrogens (tertiary/aromatic N) is 4. The van der Waals surface area contributed by atoms with Gasteiger partial charge in [-0.2, -0.15) is 0 Å². The molecule has 3 aromatic rings. The average molecular weight is 437 g/mol. The summed E-state index contributed by atoms with van der Waals surface area (Å²) in [5, 5.41) is 0.640. The highest BCUT2D eigenvalue weighted by atomic mass is 32.1. The Kier molecular flexibility index (Phi) is 5.63. The molecule has 4 heterocycles. The zero-order valence-electron chi connectivity index (χ0n) is 18.0. The van der Waals surface area contributed by atoms with Crippen molar-refractivity contribution in [1.29, 1.82) is 0 Å². The van der Waals surface area contributed by atoms with Gasteiger partial charge in [-0.1, -0.05) is 36.8 Å². The molecule has 0 saturated carbocycles. The second kappa shape index (κ2) is 8.55. The van der Waals surface area contributed by atoms with Crippen molar-refractivity contribution >= 4 is 27.5 Å². The molecule has 2 aliphatic rings. The predicted octanol–water partition coefficient (Wildman–Crippen LogP) is 3.45. The molecule has 1 amide bonds. The molecule has 7 heteroatoms. The molecule has 2 aromatic heterocycles. The van der Waals surface area contributed by atoms with Crippen LogP contribution in [-0.2, 0) is 19.5 Å². The maximum absolute atomic E-state index is 13.3. The second-order valence-electron chi connectivity index (χ2n) is 8.59. The zero-order valence-corrected chi connectivity index (χ0v) is 18.8. The van der Waals surface area contributed by atoms with E-state index in [-0.39, 0.29) is 11.5 Å². The Bertz CT molecular complexity index is 1160. The number of fused-ring (bicyclic) bond motifs is 2. The number of carbonyl (C=O) groups excluding carboxylic acids is 1. The molecular formula is C24H28N4O2S. The third-order valence-corrected chi connectivity index (χ3v) is 7.69. The standard InChI is InChI=1S/C24H28N4O2S/c1-17-20-22(25-19-10-6-3-7-11-28(19)23(20)29)31-21(17)24(30)27-14-12-26(13-15-27)16-18-8-4-2-5-9-18/h2,4-5,8-9H,3,6-7,10-16H2,1H3. The van der Waals surface area contributed by atoms with Crippen LogP contribution in [0.15, 0.2) is 35.1 Å². The number of hydrogen-bond donors (Lipinski definition) is 0. The lowest BCUT2D eigenvalue weighted by Gasteiger charge is -2.34. The number of benzene rings is 1. The number of hydrogen-bond acceptors (Lipinski definition) is 5. The average Bonchev–Trinajstić information content (AvgIpc) is 2.95. The van der Waals surface area contributed by atoms with E-state index in [1.165, 1.54) is 16.9 Å². The van der Waals surface area contributed by atoms with E-state index in [9.17, 15) is 9.59 Å². The molecule has 1 fully saturated rings. The molecule has 31 heavy (non-hydrogen) atoms. The van der Waals surface area contributed by atoms with Gasteiger partial charge in [-0.05, 0) is 30.9 Å². The molecule has 0 aliphatic carbocycles. The van der Waals surface area contributed by atoms with Gasteiger partial charge in [0.1, 0.15) is 10.7 Å². The minimum absolute atomic E-state index is 0.0300. The zero-order chi connectivity index (χ0) is 21.4. The van der Waals surface area contributed by atoms with E-state index in [1.54, 1.807) is 0 Å². The van der Waals surface area contributed by atoms with Crippen LogP contribution in [0.4, 0.5) is 0 Å². The third-order valence-electron chi connectivity index (χ3n) is 6.51. The fourth-order valence-electron chi connectivity index (χ4n) is 4.71. The number of amides is 1. The van der Waals surface area contributed by atoms with Crippen molar-refractivity contribution < 1.29 is 4.79 Å². The van der Waals surface area contributed by atoms with Gasteiger partial charge in [0.15, 0.2) is 0 Å². The van der Waals surface area contributed by atoms with Crippen molar-refractivity contribution in [3.8, 4) is 0 Å². The van der Waals surface area contributed by atoms with E-state index in [0.29, 0.717) is 23.4 Å². The molecule has 0 bridgehead atoms. The molecule has 0 spiro atoms. The molecule has 1 aromatic carbocycles. The van der Waals surface area contributed by atoms with E-state index in [2.05, 4.69) is 29.2 Å². The van der Waals surface area contributed by atoms with Gasteiger partial charge in [-0.3, -0.25) is 19.1 Å². The first kappa shape index (κ1) is 20.4. The van der Waals surface area contributed by atoms with Gasteiger partial charge in [-0.25, -0.2) is 4.98 Å². The quantitative estimate of drug-likeness (QED) is 0.631. The second-order valence-corrected chi connectivity index (χ2v) is 9.58. The molecule has 1 saturated heterocycles. The lowest BCUT2D eigenvalue weighted by Crippen LogP contribution is -2.48. The number of aryl methyl sites for hydroxylation is 2. The highest BCUT2D eigenvalue weighted by Crippen LogP contribution is 2.29. The van der Waals surface area contributed by atoms with Crippen molar-refractivity contribution in [2.75, 3.05) is 26.2 Å². The van der Waals surface area contributed by atoms with Gasteiger partial charge in [0.05, 0.1) is 10.3 Å². The fraction of sp³-hybridized carbons (Fsp3) is 0.458. The number of aromatic nitrogens is 2. The smallest absolute Gasteiger partial charge is 0.264 e. The Morgan fingerprint density at radius 2 is 1.81 bits per heavy atom. The van der Waals surface area contributed by atoms with E-state index in [1.807, 2.05) is 22.5 Å². The third kappa shape index (κ3) is 3.92. The summed E-state index contributed by atoms with van der Waals surface area (Å²) >= 11 is 1.39. The Morgan fingerprint density at radius 1 is 1.03 bits per heavy atom. The van der Waals surface area contributed by atoms with Gasteiger partial charge in [0.25, 0.3) is 11.5 Å². The van der Waals surface area contributed by atoms with Crippen molar-refractivity contribution in [1.82, 2.24) is 19.4 Å². The van der Waals surface area contributed by atoms with Crippen LogP contribution in [0.3, 0.4) is 0 Å². The van der Waals surface area contributed by atoms with Crippen LogP contribution in [0.5, 0.6) is 0 Å². The minimum atomic E-state index is 0.0300. The Balaban J connectivity index is 1.35. The summed E-state index contributed by atoms with van der Waals surface area (Å²) in [6, 6.07) is 10.5. The minimum Gasteiger partial charge on any atom is -0.335 e. The predicted molar refractivity (Wildman–Crippen MR) is 124 cm³/mol. The van der Waals surface area contributed by atoms with Gasteiger partial charge in [0, 0.05) is 45.7 Å². The summed E-state index contributed by atoms with van der Waals surface area (Å²) in [5.74, 6) is 0.921. The number of piperazine rings is 1. The molecule has 6 nitrogen and oxygen atoms in total. The molecule has 0 N–H and O–H groups in total. The number of thiophene rings is 1. The first-order chi connectivity index (χ1) is 15.1. The van der Waals surface area contributed by atoms with Crippen LogP contribution in [0.1, 0.15) is 45.9 Å². The van der Waals surface area contributed by atoms with Crippen LogP contribution in [0.25, 0.3) is 10.2 Å². The van der Waals surface area contributed by atoms with Gasteiger partial charge < -0.3 is 4.90 Å². The highest BCUT2D eigenvalue weighted by molar-refractivity contribution is 7.20. The molecule has 0 atom stereocenters. The molecule has 5 rings (SSSR count). The normalized spacial score (nSPS) is 17.5. The Hall–Kier alpha value is -2.51. The summed E-state index contributed by atoms with van der Waals surface area (Å²) in [4.78, 5) is 37.0. The van der Waals surface area contributed by atoms with E-state index < -0.39 is 0 Å². The van der Waals surface area contributed by atoms with Crippen LogP contribution in [0.2, 0.25) is 0 Å². The van der Waals surface area contributed by atoms with Crippen molar-refractivity contribution in [3.05, 3.63) is 62.5 Å². The van der Waals surface area contributed by atoms with Gasteiger partial charge in [0.2, 0.25) is 0 Å². The Labute approximate surface area is 186 Å². The van der Waals surface area contributed by atoms with Crippen LogP contribution < -0.4 is 5.56 Å². The van der Waals surface area contributed by atoms with E-state index >= 15 is 0 Å². The molecular weight excluding hydrogens is 408 g/mol. The summed E-state index contributed by atoms with van der Waals surface area (Å²) in [5.41, 5.74) is 2.13. The largest absolute Gasteiger partial charge is 0.335 e. The molecule has 0 radical (unpaired) electrons. The summed E-state index contributed by atoms with van der Waals surface area (Å²) in [6.45, 7) is 6.70.